The average molecular weight is 863 g/mol. The maximum absolute atomic E-state index is 12.7. The summed E-state index contributed by atoms with van der Waals surface area (Å²) in [5.41, 5.74) is 2.72. The van der Waals surface area contributed by atoms with E-state index < -0.39 is 0 Å². The molecule has 62 heavy (non-hydrogen) atoms. The lowest BCUT2D eigenvalue weighted by molar-refractivity contribution is 0.258. The average Bonchev–Trinajstić information content (AvgIpc) is 3.28. The Balaban J connectivity index is 1.91. The maximum Gasteiger partial charge on any atom is 0.161 e. The topological polar surface area (TPSA) is 98.6 Å². The van der Waals surface area contributed by atoms with Crippen molar-refractivity contribution in [1.29, 1.82) is 0 Å². The highest BCUT2D eigenvalue weighted by Crippen LogP contribution is 2.48. The van der Waals surface area contributed by atoms with E-state index in [9.17, 15) is 10.1 Å². The van der Waals surface area contributed by atoms with Crippen molar-refractivity contribution in [3.8, 4) is 23.0 Å². The van der Waals surface area contributed by atoms with E-state index in [1.54, 1.807) is 0 Å². The Bertz CT molecular complexity index is 1590. The predicted molar refractivity (Wildman–Crippen MR) is 265 cm³/mol. The van der Waals surface area contributed by atoms with Gasteiger partial charge in [-0.3, -0.25) is 10.7 Å². The van der Waals surface area contributed by atoms with E-state index in [1.165, 1.54) is 154 Å². The lowest BCUT2D eigenvalue weighted by Crippen LogP contribution is -2.05. The molecule has 0 aromatic heterocycles. The van der Waals surface area contributed by atoms with Crippen LogP contribution in [0.5, 0.6) is 23.0 Å². The molecule has 0 bridgehead atoms. The molecule has 8 nitrogen and oxygen atoms in total. The fraction of sp³-hybridized carbons (Fsp3) is 0.741. The molecule has 352 valence electrons. The first kappa shape index (κ1) is 53.1. The number of benzene rings is 3. The highest BCUT2D eigenvalue weighted by molar-refractivity contribution is 6.20. The molecule has 0 saturated carbocycles. The van der Waals surface area contributed by atoms with Gasteiger partial charge in [0, 0.05) is 10.8 Å². The fourth-order valence-corrected chi connectivity index (χ4v) is 8.56. The molecule has 8 heteroatoms. The number of anilines is 1. The molecule has 2 N–H and O–H groups in total. The zero-order valence-electron chi connectivity index (χ0n) is 40.2. The molecule has 0 aliphatic carbocycles. The van der Waals surface area contributed by atoms with Crippen molar-refractivity contribution in [2.24, 2.45) is 5.18 Å². The van der Waals surface area contributed by atoms with Crippen LogP contribution in [-0.4, -0.2) is 31.6 Å². The van der Waals surface area contributed by atoms with Crippen molar-refractivity contribution in [3.63, 3.8) is 0 Å². The lowest BCUT2D eigenvalue weighted by atomic mass is 9.97. The summed E-state index contributed by atoms with van der Waals surface area (Å²) < 4.78 is 26.0. The molecule has 0 aliphatic rings. The number of nitroso groups, excluding NO2 is 1. The Kier molecular flexibility index (Phi) is 30.1. The number of unbranched alkanes of at least 4 members (excludes halogenated alkanes) is 28. The number of fused-ring (bicyclic) bond motifs is 3. The van der Waals surface area contributed by atoms with Crippen LogP contribution < -0.4 is 24.4 Å². The second-order valence-electron chi connectivity index (χ2n) is 17.9. The van der Waals surface area contributed by atoms with Gasteiger partial charge in [-0.1, -0.05) is 207 Å². The van der Waals surface area contributed by atoms with Gasteiger partial charge in [0.05, 0.1) is 32.1 Å². The standard InChI is InChI=1S/C54H90N2O6/c1-5-9-13-17-21-25-29-33-37-59-49-41-45-46-42-50(60-38-34-30-26-22-18-14-10-6-2)52(62-40-36-32-28-24-20-16-12-8-4)44-48(46)54(56-58)53(55-57)47(45)43-51(49)61-39-35-31-27-23-19-15-11-7-3/h41-44,55,57H,5-40H2,1-4H3. The highest BCUT2D eigenvalue weighted by atomic mass is 16.5. The minimum atomic E-state index is 0.128. The number of rotatable bonds is 42. The molecular weight excluding hydrogens is 773 g/mol. The SMILES string of the molecule is CCCCCCCCCCOc1cc2c(N=O)c(NO)c3cc(OCCCCCCCCCC)c(OCCCCCCCCCC)cc3c2cc1OCCCCCCCCCC. The van der Waals surface area contributed by atoms with Crippen LogP contribution in [-0.2, 0) is 0 Å². The van der Waals surface area contributed by atoms with E-state index in [1.807, 2.05) is 24.3 Å². The van der Waals surface area contributed by atoms with Gasteiger partial charge in [-0.15, -0.1) is 4.91 Å². The predicted octanol–water partition coefficient (Wildman–Crippen LogP) is 18.3. The van der Waals surface area contributed by atoms with Crippen LogP contribution in [0.25, 0.3) is 21.5 Å². The molecule has 0 unspecified atom stereocenters. The summed E-state index contributed by atoms with van der Waals surface area (Å²) in [6.07, 6.45) is 39.1. The second-order valence-corrected chi connectivity index (χ2v) is 17.9. The van der Waals surface area contributed by atoms with Crippen molar-refractivity contribution in [1.82, 2.24) is 0 Å². The van der Waals surface area contributed by atoms with Gasteiger partial charge < -0.3 is 18.9 Å². The van der Waals surface area contributed by atoms with E-state index in [0.29, 0.717) is 60.2 Å². The van der Waals surface area contributed by atoms with E-state index >= 15 is 0 Å². The Hall–Kier alpha value is -3.26. The summed E-state index contributed by atoms with van der Waals surface area (Å²) >= 11 is 0. The van der Waals surface area contributed by atoms with Crippen molar-refractivity contribution in [3.05, 3.63) is 29.2 Å². The third-order valence-corrected chi connectivity index (χ3v) is 12.4. The zero-order valence-corrected chi connectivity index (χ0v) is 40.2. The van der Waals surface area contributed by atoms with Gasteiger partial charge in [0.15, 0.2) is 23.0 Å². The third-order valence-electron chi connectivity index (χ3n) is 12.4. The van der Waals surface area contributed by atoms with Gasteiger partial charge in [0.2, 0.25) is 0 Å². The van der Waals surface area contributed by atoms with E-state index in [2.05, 4.69) is 38.4 Å². The monoisotopic (exact) mass is 863 g/mol. The number of hydrogen-bond acceptors (Lipinski definition) is 8. The quantitative estimate of drug-likeness (QED) is 0.0253. The van der Waals surface area contributed by atoms with E-state index in [4.69, 9.17) is 18.9 Å². The third kappa shape index (κ3) is 20.5. The minimum Gasteiger partial charge on any atom is -0.490 e. The summed E-state index contributed by atoms with van der Waals surface area (Å²) in [7, 11) is 0. The Morgan fingerprint density at radius 3 is 0.887 bits per heavy atom. The number of nitrogens with one attached hydrogen (secondary N) is 1. The van der Waals surface area contributed by atoms with E-state index in [-0.39, 0.29) is 11.4 Å². The first-order valence-electron chi connectivity index (χ1n) is 26.0. The number of hydrogen-bond donors (Lipinski definition) is 2. The van der Waals surface area contributed by atoms with Crippen LogP contribution in [0.4, 0.5) is 11.4 Å². The van der Waals surface area contributed by atoms with Gasteiger partial charge in [-0.05, 0) is 65.9 Å². The molecule has 0 atom stereocenters. The van der Waals surface area contributed by atoms with Gasteiger partial charge >= 0.3 is 0 Å². The molecule has 3 aromatic rings. The first-order chi connectivity index (χ1) is 30.6. The largest absolute Gasteiger partial charge is 0.490 e. The molecule has 0 saturated heterocycles. The van der Waals surface area contributed by atoms with Gasteiger partial charge in [0.1, 0.15) is 5.69 Å². The molecule has 3 aromatic carbocycles. The van der Waals surface area contributed by atoms with Crippen LogP contribution in [0, 0.1) is 4.91 Å². The first-order valence-corrected chi connectivity index (χ1v) is 26.0. The molecule has 0 spiro atoms. The molecule has 0 aliphatic heterocycles. The van der Waals surface area contributed by atoms with Gasteiger partial charge in [-0.2, -0.15) is 0 Å². The smallest absolute Gasteiger partial charge is 0.161 e. The Morgan fingerprint density at radius 1 is 0.371 bits per heavy atom. The molecule has 0 amide bonds. The molecule has 0 heterocycles. The Labute approximate surface area is 378 Å². The van der Waals surface area contributed by atoms with Crippen LogP contribution >= 0.6 is 0 Å². The molecule has 3 rings (SSSR count). The summed E-state index contributed by atoms with van der Waals surface area (Å²) in [5.74, 6) is 2.56. The van der Waals surface area contributed by atoms with Gasteiger partial charge in [-0.25, -0.2) is 0 Å². The highest BCUT2D eigenvalue weighted by Gasteiger charge is 2.22. The summed E-state index contributed by atoms with van der Waals surface area (Å²) in [6.45, 7) is 11.3. The summed E-state index contributed by atoms with van der Waals surface area (Å²) in [6, 6.07) is 7.81. The summed E-state index contributed by atoms with van der Waals surface area (Å²) in [5, 5.41) is 16.9. The lowest BCUT2D eigenvalue weighted by Gasteiger charge is -2.19. The van der Waals surface area contributed by atoms with E-state index in [0.717, 1.165) is 62.1 Å². The normalized spacial score (nSPS) is 11.4. The van der Waals surface area contributed by atoms with Gasteiger partial charge in [0.25, 0.3) is 0 Å². The zero-order chi connectivity index (χ0) is 44.3. The fourth-order valence-electron chi connectivity index (χ4n) is 8.56. The van der Waals surface area contributed by atoms with Crippen LogP contribution in [0.3, 0.4) is 0 Å². The number of nitrogens with zero attached hydrogens (tertiary/aromatic N) is 1. The van der Waals surface area contributed by atoms with Crippen molar-refractivity contribution in [2.75, 3.05) is 31.9 Å². The molecular formula is C54H90N2O6. The number of ether oxygens (including phenoxy) is 4. The molecule has 0 fully saturated rings. The summed E-state index contributed by atoms with van der Waals surface area (Å²) in [4.78, 5) is 12.7. The van der Waals surface area contributed by atoms with Crippen molar-refractivity contribution in [2.45, 2.75) is 233 Å². The second kappa shape index (κ2) is 35.1. The Morgan fingerprint density at radius 2 is 0.613 bits per heavy atom. The van der Waals surface area contributed by atoms with Crippen molar-refractivity contribution < 1.29 is 24.2 Å². The minimum absolute atomic E-state index is 0.128. The van der Waals surface area contributed by atoms with Crippen LogP contribution in [0.1, 0.15) is 233 Å². The maximum atomic E-state index is 12.7. The van der Waals surface area contributed by atoms with Crippen LogP contribution in [0.2, 0.25) is 0 Å². The molecule has 0 radical (unpaired) electrons. The van der Waals surface area contributed by atoms with Crippen molar-refractivity contribution >= 4 is 32.9 Å². The van der Waals surface area contributed by atoms with Crippen LogP contribution in [0.15, 0.2) is 29.4 Å².